The summed E-state index contributed by atoms with van der Waals surface area (Å²) < 4.78 is 20.7. The molecule has 0 aliphatic carbocycles. The average Bonchev–Trinajstić information content (AvgIpc) is 3.07. The molecule has 0 aromatic heterocycles. The number of fused-ring (bicyclic) bond motifs is 1. The minimum Gasteiger partial charge on any atom is -0.423 e. The topological polar surface area (TPSA) is 221 Å². The Hall–Kier alpha value is -3.51. The highest BCUT2D eigenvalue weighted by molar-refractivity contribution is 7.80. The number of nitrogens with zero attached hydrogens (tertiary/aromatic N) is 3. The quantitative estimate of drug-likeness (QED) is 0.0730. The highest BCUT2D eigenvalue weighted by Crippen LogP contribution is 2.47. The Kier molecular flexibility index (Phi) is 6.90. The van der Waals surface area contributed by atoms with Crippen LogP contribution in [0.1, 0.15) is 20.8 Å². The van der Waals surface area contributed by atoms with Crippen LogP contribution in [0.2, 0.25) is 0 Å². The van der Waals surface area contributed by atoms with E-state index in [2.05, 4.69) is 16.9 Å². The fraction of sp³-hybridized carbons (Fsp3) is 0.526. The van der Waals surface area contributed by atoms with Gasteiger partial charge in [-0.05, 0) is 12.2 Å². The van der Waals surface area contributed by atoms with Gasteiger partial charge in [-0.1, -0.05) is 6.08 Å². The number of aliphatic imine (C=N–C) groups is 1. The number of hydrogen-bond acceptors (Lipinski definition) is 13. The third kappa shape index (κ3) is 3.80. The summed E-state index contributed by atoms with van der Waals surface area (Å²) >= 11 is 5.45. The molecule has 1 unspecified atom stereocenters. The molecule has 2 fully saturated rings. The molecule has 0 bridgehead atoms. The monoisotopic (exact) mass is 529 g/mol. The van der Waals surface area contributed by atoms with E-state index in [4.69, 9.17) is 36.6 Å². The second-order valence-electron chi connectivity index (χ2n) is 7.77. The summed E-state index contributed by atoms with van der Waals surface area (Å²) in [6, 6.07) is 0. The van der Waals surface area contributed by atoms with Crippen molar-refractivity contribution in [2.45, 2.75) is 50.4 Å². The van der Waals surface area contributed by atoms with Crippen molar-refractivity contribution in [1.82, 2.24) is 15.1 Å². The SMILES string of the molecule is C=CCN1C(=S)N([C@@H]2O[C@H](CO)[C@](O)(OC(C)=O)[C@]2(O)OC(C)=O)C2=NC(=N)NC(=O)C21OC(C)=O. The van der Waals surface area contributed by atoms with E-state index in [1.54, 1.807) is 0 Å². The lowest BCUT2D eigenvalue weighted by atomic mass is 10.0. The Bertz CT molecular complexity index is 1100. The Morgan fingerprint density at radius 2 is 1.75 bits per heavy atom. The number of guanidine groups is 1. The molecule has 36 heavy (non-hydrogen) atoms. The zero-order valence-electron chi connectivity index (χ0n) is 19.2. The fourth-order valence-corrected chi connectivity index (χ4v) is 4.46. The van der Waals surface area contributed by atoms with Crippen LogP contribution in [0.15, 0.2) is 17.6 Å². The molecule has 3 rings (SSSR count). The first-order valence-electron chi connectivity index (χ1n) is 10.2. The molecule has 196 valence electrons. The number of hydrogen-bond donors (Lipinski definition) is 5. The highest BCUT2D eigenvalue weighted by Gasteiger charge is 2.77. The molecule has 1 amide bonds. The molecule has 0 radical (unpaired) electrons. The normalized spacial score (nSPS) is 33.5. The molecule has 0 aromatic rings. The largest absolute Gasteiger partial charge is 0.423 e. The number of ether oxygens (including phenoxy) is 4. The van der Waals surface area contributed by atoms with Crippen LogP contribution >= 0.6 is 12.2 Å². The summed E-state index contributed by atoms with van der Waals surface area (Å²) in [6.07, 6.45) is -2.80. The zero-order valence-corrected chi connectivity index (χ0v) is 20.0. The van der Waals surface area contributed by atoms with E-state index in [-0.39, 0.29) is 6.54 Å². The Morgan fingerprint density at radius 3 is 2.25 bits per heavy atom. The maximum Gasteiger partial charge on any atom is 0.327 e. The molecule has 0 aromatic carbocycles. The molecule has 5 N–H and O–H groups in total. The minimum absolute atomic E-state index is 0.251. The number of rotatable bonds is 7. The molecule has 16 nitrogen and oxygen atoms in total. The van der Waals surface area contributed by atoms with Crippen molar-refractivity contribution >= 4 is 52.9 Å². The predicted octanol–water partition coefficient (Wildman–Crippen LogP) is -2.98. The van der Waals surface area contributed by atoms with E-state index in [0.717, 1.165) is 30.6 Å². The van der Waals surface area contributed by atoms with Gasteiger partial charge in [0.15, 0.2) is 17.1 Å². The smallest absolute Gasteiger partial charge is 0.327 e. The van der Waals surface area contributed by atoms with Gasteiger partial charge in [-0.15, -0.1) is 6.58 Å². The highest BCUT2D eigenvalue weighted by atomic mass is 32.1. The second kappa shape index (κ2) is 9.17. The summed E-state index contributed by atoms with van der Waals surface area (Å²) in [5.74, 6) is -12.2. The van der Waals surface area contributed by atoms with Crippen molar-refractivity contribution in [2.24, 2.45) is 4.99 Å². The van der Waals surface area contributed by atoms with Gasteiger partial charge in [-0.3, -0.25) is 39.7 Å². The van der Waals surface area contributed by atoms with Crippen LogP contribution < -0.4 is 5.32 Å². The van der Waals surface area contributed by atoms with Gasteiger partial charge in [-0.25, -0.2) is 0 Å². The maximum absolute atomic E-state index is 13.1. The molecule has 3 aliphatic heterocycles. The Morgan fingerprint density at radius 1 is 1.19 bits per heavy atom. The second-order valence-corrected chi connectivity index (χ2v) is 8.13. The first kappa shape index (κ1) is 27.1. The van der Waals surface area contributed by atoms with Gasteiger partial charge in [0, 0.05) is 27.3 Å². The molecule has 0 spiro atoms. The molecular formula is C19H23N5O11S. The first-order chi connectivity index (χ1) is 16.7. The van der Waals surface area contributed by atoms with Crippen molar-refractivity contribution in [3.8, 4) is 0 Å². The van der Waals surface area contributed by atoms with Crippen molar-refractivity contribution < 1.29 is 53.4 Å². The fourth-order valence-electron chi connectivity index (χ4n) is 4.07. The van der Waals surface area contributed by atoms with Crippen LogP contribution in [-0.2, 0) is 38.1 Å². The lowest BCUT2D eigenvalue weighted by Crippen LogP contribution is -2.69. The summed E-state index contributed by atoms with van der Waals surface area (Å²) in [7, 11) is 0. The number of nitrogens with one attached hydrogen (secondary N) is 2. The van der Waals surface area contributed by atoms with E-state index < -0.39 is 77.0 Å². The zero-order chi connectivity index (χ0) is 27.2. The van der Waals surface area contributed by atoms with E-state index in [1.165, 1.54) is 6.08 Å². The van der Waals surface area contributed by atoms with Crippen molar-refractivity contribution in [1.29, 1.82) is 5.41 Å². The summed E-state index contributed by atoms with van der Waals surface area (Å²) in [5.41, 5.74) is -2.45. The molecular weight excluding hydrogens is 506 g/mol. The van der Waals surface area contributed by atoms with E-state index in [1.807, 2.05) is 0 Å². The lowest BCUT2D eigenvalue weighted by molar-refractivity contribution is -0.357. The number of esters is 3. The predicted molar refractivity (Wildman–Crippen MR) is 118 cm³/mol. The van der Waals surface area contributed by atoms with Gasteiger partial charge in [0.25, 0.3) is 0 Å². The van der Waals surface area contributed by atoms with Gasteiger partial charge in [0.1, 0.15) is 0 Å². The maximum atomic E-state index is 13.1. The number of thiocarbonyl (C=S) groups is 1. The van der Waals surface area contributed by atoms with Crippen LogP contribution in [0.25, 0.3) is 0 Å². The van der Waals surface area contributed by atoms with Crippen LogP contribution in [0, 0.1) is 5.41 Å². The van der Waals surface area contributed by atoms with Gasteiger partial charge < -0.3 is 34.3 Å². The van der Waals surface area contributed by atoms with Crippen LogP contribution in [0.3, 0.4) is 0 Å². The number of carbonyl (C=O) groups excluding carboxylic acids is 4. The van der Waals surface area contributed by atoms with E-state index >= 15 is 0 Å². The summed E-state index contributed by atoms with van der Waals surface area (Å²) in [4.78, 5) is 54.6. The van der Waals surface area contributed by atoms with Crippen molar-refractivity contribution in [3.63, 3.8) is 0 Å². The standard InChI is InChI=1S/C19H23N5O11S/c1-5-6-23-16(36)24(12-17(23,33-8(2)26)13(29)22-15(20)21-12)14-19(31,35-10(4)28)18(30,34-9(3)27)11(7-25)32-14/h5,11,14,25,30-31H,1,6-7H2,2-4H3,(H2,20,22,29)/t11-,14-,17?,18+,19-/m1/s1. The molecule has 17 heteroatoms. The molecule has 0 saturated carbocycles. The number of amidine groups is 1. The Labute approximate surface area is 208 Å². The number of amides is 1. The Balaban J connectivity index is 2.30. The van der Waals surface area contributed by atoms with Gasteiger partial charge in [0.2, 0.25) is 12.2 Å². The first-order valence-corrected chi connectivity index (χ1v) is 10.6. The van der Waals surface area contributed by atoms with Crippen LogP contribution in [-0.4, -0.2) is 109 Å². The number of aliphatic hydroxyl groups is 3. The summed E-state index contributed by atoms with van der Waals surface area (Å²) in [6.45, 7) is 4.94. The van der Waals surface area contributed by atoms with E-state index in [9.17, 15) is 34.5 Å². The molecule has 3 heterocycles. The average molecular weight is 529 g/mol. The van der Waals surface area contributed by atoms with Crippen LogP contribution in [0.5, 0.6) is 0 Å². The third-order valence-electron chi connectivity index (χ3n) is 5.29. The number of carbonyl (C=O) groups is 4. The van der Waals surface area contributed by atoms with Crippen molar-refractivity contribution in [3.05, 3.63) is 12.7 Å². The van der Waals surface area contributed by atoms with E-state index in [0.29, 0.717) is 0 Å². The lowest BCUT2D eigenvalue weighted by Gasteiger charge is -2.40. The minimum atomic E-state index is -3.30. The van der Waals surface area contributed by atoms with Gasteiger partial charge >= 0.3 is 41.1 Å². The number of aliphatic hydroxyl groups excluding tert-OH is 1. The molecule has 2 saturated heterocycles. The van der Waals surface area contributed by atoms with Crippen molar-refractivity contribution in [2.75, 3.05) is 13.2 Å². The molecule has 3 aliphatic rings. The summed E-state index contributed by atoms with van der Waals surface area (Å²) in [5, 5.41) is 42.1. The van der Waals surface area contributed by atoms with Gasteiger partial charge in [0.05, 0.1) is 6.61 Å². The van der Waals surface area contributed by atoms with Crippen LogP contribution in [0.4, 0.5) is 0 Å². The third-order valence-corrected chi connectivity index (χ3v) is 5.70. The molecule has 5 atom stereocenters. The van der Waals surface area contributed by atoms with Gasteiger partial charge in [-0.2, -0.15) is 4.99 Å².